The first-order chi connectivity index (χ1) is 9.54. The van der Waals surface area contributed by atoms with Crippen LogP contribution in [0.2, 0.25) is 0 Å². The fourth-order valence-electron chi connectivity index (χ4n) is 1.86. The van der Waals surface area contributed by atoms with Gasteiger partial charge in [0, 0.05) is 21.7 Å². The van der Waals surface area contributed by atoms with Gasteiger partial charge in [0.25, 0.3) is 0 Å². The molecule has 0 spiro atoms. The van der Waals surface area contributed by atoms with Crippen molar-refractivity contribution >= 4 is 22.6 Å². The number of rotatable bonds is 6. The van der Waals surface area contributed by atoms with E-state index < -0.39 is 0 Å². The Kier molecular flexibility index (Phi) is 5.48. The summed E-state index contributed by atoms with van der Waals surface area (Å²) in [7, 11) is 0. The lowest BCUT2D eigenvalue weighted by Crippen LogP contribution is -2.21. The predicted molar refractivity (Wildman–Crippen MR) is 88.9 cm³/mol. The molecule has 1 N–H and O–H groups in total. The van der Waals surface area contributed by atoms with Gasteiger partial charge in [0.2, 0.25) is 0 Å². The first-order valence-corrected chi connectivity index (χ1v) is 7.82. The van der Waals surface area contributed by atoms with Crippen LogP contribution in [0.15, 0.2) is 34.7 Å². The Hall–Kier alpha value is -1.01. The number of ether oxygens (including phenoxy) is 1. The summed E-state index contributed by atoms with van der Waals surface area (Å²) < 4.78 is 12.6. The second-order valence-corrected chi connectivity index (χ2v) is 6.32. The van der Waals surface area contributed by atoms with Gasteiger partial charge in [-0.05, 0) is 53.8 Å². The summed E-state index contributed by atoms with van der Waals surface area (Å²) in [5.41, 5.74) is 1.19. The number of benzene rings is 1. The molecule has 0 amide bonds. The van der Waals surface area contributed by atoms with Crippen molar-refractivity contribution in [2.45, 2.75) is 40.0 Å². The monoisotopic (exact) mass is 385 g/mol. The van der Waals surface area contributed by atoms with Gasteiger partial charge < -0.3 is 14.5 Å². The summed E-state index contributed by atoms with van der Waals surface area (Å²) in [5, 5.41) is 3.40. The van der Waals surface area contributed by atoms with Crippen molar-refractivity contribution in [1.29, 1.82) is 0 Å². The zero-order valence-electron chi connectivity index (χ0n) is 12.1. The lowest BCUT2D eigenvalue weighted by Gasteiger charge is -2.06. The van der Waals surface area contributed by atoms with Crippen LogP contribution in [0, 0.1) is 10.5 Å². The summed E-state index contributed by atoms with van der Waals surface area (Å²) in [6, 6.07) is 10.5. The lowest BCUT2D eigenvalue weighted by atomic mass is 10.2. The van der Waals surface area contributed by atoms with E-state index in [1.807, 2.05) is 31.2 Å². The average molecular weight is 385 g/mol. The standard InChI is InChI=1S/C16H20INO2/c1-11(2)18-9-13-7-16(20-12(13)3)10-19-15-6-4-5-14(17)8-15/h4-8,11,18H,9-10H2,1-3H3. The highest BCUT2D eigenvalue weighted by Crippen LogP contribution is 2.19. The fraction of sp³-hybridized carbons (Fsp3) is 0.375. The van der Waals surface area contributed by atoms with Gasteiger partial charge in [-0.2, -0.15) is 0 Å². The second kappa shape index (κ2) is 7.13. The van der Waals surface area contributed by atoms with Crippen LogP contribution in [-0.2, 0) is 13.2 Å². The zero-order valence-corrected chi connectivity index (χ0v) is 14.2. The minimum absolute atomic E-state index is 0.461. The SMILES string of the molecule is Cc1oc(COc2cccc(I)c2)cc1CNC(C)C. The summed E-state index contributed by atoms with van der Waals surface area (Å²) in [6.45, 7) is 7.55. The minimum Gasteiger partial charge on any atom is -0.486 e. The van der Waals surface area contributed by atoms with Crippen LogP contribution in [-0.4, -0.2) is 6.04 Å². The lowest BCUT2D eigenvalue weighted by molar-refractivity contribution is 0.267. The molecule has 0 aliphatic heterocycles. The number of hydrogen-bond acceptors (Lipinski definition) is 3. The molecule has 0 unspecified atom stereocenters. The summed E-state index contributed by atoms with van der Waals surface area (Å²) in [4.78, 5) is 0. The third-order valence-corrected chi connectivity index (χ3v) is 3.62. The van der Waals surface area contributed by atoms with Gasteiger partial charge in [-0.15, -0.1) is 0 Å². The number of halogens is 1. The Morgan fingerprint density at radius 1 is 1.30 bits per heavy atom. The van der Waals surface area contributed by atoms with Gasteiger partial charge in [-0.3, -0.25) is 0 Å². The molecule has 3 nitrogen and oxygen atoms in total. The quantitative estimate of drug-likeness (QED) is 0.755. The molecule has 0 saturated carbocycles. The molecule has 0 saturated heterocycles. The van der Waals surface area contributed by atoms with E-state index in [2.05, 4.69) is 47.8 Å². The third kappa shape index (κ3) is 4.52. The molecule has 1 aromatic carbocycles. The first-order valence-electron chi connectivity index (χ1n) is 6.74. The molecule has 0 bridgehead atoms. The van der Waals surface area contributed by atoms with E-state index in [-0.39, 0.29) is 0 Å². The molecule has 2 aromatic rings. The van der Waals surface area contributed by atoms with E-state index in [0.29, 0.717) is 12.6 Å². The summed E-state index contributed by atoms with van der Waals surface area (Å²) in [5.74, 6) is 2.69. The molecule has 0 aliphatic carbocycles. The third-order valence-electron chi connectivity index (χ3n) is 2.95. The van der Waals surface area contributed by atoms with Crippen LogP contribution in [0.1, 0.15) is 30.9 Å². The minimum atomic E-state index is 0.461. The maximum atomic E-state index is 5.75. The van der Waals surface area contributed by atoms with E-state index in [4.69, 9.17) is 9.15 Å². The normalized spacial score (nSPS) is 11.1. The van der Waals surface area contributed by atoms with Crippen molar-refractivity contribution in [3.8, 4) is 5.75 Å². The van der Waals surface area contributed by atoms with E-state index in [1.54, 1.807) is 0 Å². The summed E-state index contributed by atoms with van der Waals surface area (Å²) >= 11 is 2.27. The topological polar surface area (TPSA) is 34.4 Å². The molecule has 1 aromatic heterocycles. The number of aryl methyl sites for hydroxylation is 1. The average Bonchev–Trinajstić information content (AvgIpc) is 2.75. The van der Waals surface area contributed by atoms with Crippen molar-refractivity contribution in [3.05, 3.63) is 51.0 Å². The van der Waals surface area contributed by atoms with Crippen LogP contribution in [0.25, 0.3) is 0 Å². The number of nitrogens with one attached hydrogen (secondary N) is 1. The van der Waals surface area contributed by atoms with Crippen LogP contribution in [0.3, 0.4) is 0 Å². The fourth-order valence-corrected chi connectivity index (χ4v) is 2.37. The number of furan rings is 1. The van der Waals surface area contributed by atoms with Gasteiger partial charge in [-0.1, -0.05) is 19.9 Å². The van der Waals surface area contributed by atoms with Crippen molar-refractivity contribution < 1.29 is 9.15 Å². The molecule has 108 valence electrons. The second-order valence-electron chi connectivity index (χ2n) is 5.08. The Morgan fingerprint density at radius 2 is 2.10 bits per heavy atom. The van der Waals surface area contributed by atoms with Crippen LogP contribution in [0.5, 0.6) is 5.75 Å². The molecule has 1 heterocycles. The molecule has 0 aliphatic rings. The van der Waals surface area contributed by atoms with E-state index in [0.717, 1.165) is 27.4 Å². The maximum absolute atomic E-state index is 5.75. The van der Waals surface area contributed by atoms with Crippen molar-refractivity contribution in [1.82, 2.24) is 5.32 Å². The van der Waals surface area contributed by atoms with E-state index >= 15 is 0 Å². The van der Waals surface area contributed by atoms with Crippen LogP contribution >= 0.6 is 22.6 Å². The van der Waals surface area contributed by atoms with Crippen LogP contribution in [0.4, 0.5) is 0 Å². The molecule has 20 heavy (non-hydrogen) atoms. The van der Waals surface area contributed by atoms with Crippen molar-refractivity contribution in [2.24, 2.45) is 0 Å². The van der Waals surface area contributed by atoms with E-state index in [1.165, 1.54) is 5.56 Å². The van der Waals surface area contributed by atoms with Crippen LogP contribution < -0.4 is 10.1 Å². The van der Waals surface area contributed by atoms with Gasteiger partial charge in [0.1, 0.15) is 23.9 Å². The smallest absolute Gasteiger partial charge is 0.146 e. The molecule has 4 heteroatoms. The van der Waals surface area contributed by atoms with Gasteiger partial charge in [0.05, 0.1) is 0 Å². The highest BCUT2D eigenvalue weighted by molar-refractivity contribution is 14.1. The highest BCUT2D eigenvalue weighted by atomic mass is 127. The van der Waals surface area contributed by atoms with Gasteiger partial charge in [0.15, 0.2) is 0 Å². The molecular weight excluding hydrogens is 365 g/mol. The largest absolute Gasteiger partial charge is 0.486 e. The zero-order chi connectivity index (χ0) is 14.5. The summed E-state index contributed by atoms with van der Waals surface area (Å²) in [6.07, 6.45) is 0. The molecule has 0 fully saturated rings. The Morgan fingerprint density at radius 3 is 2.80 bits per heavy atom. The predicted octanol–water partition coefficient (Wildman–Crippen LogP) is 4.27. The Labute approximate surface area is 133 Å². The van der Waals surface area contributed by atoms with E-state index in [9.17, 15) is 0 Å². The first kappa shape index (κ1) is 15.4. The molecule has 0 radical (unpaired) electrons. The maximum Gasteiger partial charge on any atom is 0.146 e. The Balaban J connectivity index is 1.95. The Bertz CT molecular complexity index is 563. The molecule has 0 atom stereocenters. The van der Waals surface area contributed by atoms with Gasteiger partial charge in [-0.25, -0.2) is 0 Å². The molecular formula is C16H20INO2. The highest BCUT2D eigenvalue weighted by Gasteiger charge is 2.08. The van der Waals surface area contributed by atoms with Crippen molar-refractivity contribution in [3.63, 3.8) is 0 Å². The van der Waals surface area contributed by atoms with Crippen molar-refractivity contribution in [2.75, 3.05) is 0 Å². The van der Waals surface area contributed by atoms with Gasteiger partial charge >= 0.3 is 0 Å². The number of hydrogen-bond donors (Lipinski definition) is 1. The molecule has 2 rings (SSSR count).